The highest BCUT2D eigenvalue weighted by molar-refractivity contribution is 9.11. The fraction of sp³-hybridized carbons (Fsp3) is 0.692. The summed E-state index contributed by atoms with van der Waals surface area (Å²) in [5.41, 5.74) is 0. The molecule has 2 saturated heterocycles. The second-order valence-electron chi connectivity index (χ2n) is 5.28. The van der Waals surface area contributed by atoms with E-state index < -0.39 is 0 Å². The van der Waals surface area contributed by atoms with Crippen LogP contribution in [0.15, 0.2) is 15.9 Å². The third-order valence-electron chi connectivity index (χ3n) is 4.05. The van der Waals surface area contributed by atoms with Crippen molar-refractivity contribution in [1.29, 1.82) is 0 Å². The molecule has 0 aliphatic carbocycles. The van der Waals surface area contributed by atoms with Gasteiger partial charge < -0.3 is 0 Å². The van der Waals surface area contributed by atoms with Crippen LogP contribution in [0, 0.1) is 0 Å². The van der Waals surface area contributed by atoms with Crippen LogP contribution in [0.5, 0.6) is 0 Å². The summed E-state index contributed by atoms with van der Waals surface area (Å²) in [6.45, 7) is 7.35. The van der Waals surface area contributed by atoms with E-state index in [0.29, 0.717) is 6.04 Å². The highest BCUT2D eigenvalue weighted by Crippen LogP contribution is 2.28. The molecule has 2 aliphatic heterocycles. The Bertz CT molecular complexity index is 393. The predicted octanol–water partition coefficient (Wildman–Crippen LogP) is 3.18. The van der Waals surface area contributed by atoms with E-state index in [9.17, 15) is 0 Å². The number of halogens is 1. The molecule has 0 bridgehead atoms. The maximum absolute atomic E-state index is 3.55. The van der Waals surface area contributed by atoms with Crippen molar-refractivity contribution in [1.82, 2.24) is 9.80 Å². The Hall–Kier alpha value is 0.1000. The molecule has 3 heterocycles. The third-order valence-corrected chi connectivity index (χ3v) is 5.66. The maximum Gasteiger partial charge on any atom is 0.0701 e. The summed E-state index contributed by atoms with van der Waals surface area (Å²) in [5, 5.41) is 0. The zero-order valence-corrected chi connectivity index (χ0v) is 12.6. The molecule has 3 rings (SSSR count). The predicted molar refractivity (Wildman–Crippen MR) is 76.5 cm³/mol. The number of hydrogen-bond donors (Lipinski definition) is 0. The fourth-order valence-corrected chi connectivity index (χ4v) is 4.61. The molecule has 0 aromatic carbocycles. The van der Waals surface area contributed by atoms with Gasteiger partial charge in [-0.3, -0.25) is 9.80 Å². The Morgan fingerprint density at radius 2 is 2.29 bits per heavy atom. The van der Waals surface area contributed by atoms with Crippen molar-refractivity contribution in [3.05, 3.63) is 20.8 Å². The van der Waals surface area contributed by atoms with Crippen molar-refractivity contribution in [3.63, 3.8) is 0 Å². The van der Waals surface area contributed by atoms with Crippen LogP contribution in [0.2, 0.25) is 0 Å². The van der Waals surface area contributed by atoms with Gasteiger partial charge in [-0.25, -0.2) is 0 Å². The van der Waals surface area contributed by atoms with Gasteiger partial charge >= 0.3 is 0 Å². The second kappa shape index (κ2) is 5.00. The number of fused-ring (bicyclic) bond motifs is 1. The van der Waals surface area contributed by atoms with Gasteiger partial charge in [0, 0.05) is 36.6 Å². The number of thiophene rings is 1. The fourth-order valence-electron chi connectivity index (χ4n) is 3.11. The Morgan fingerprint density at radius 1 is 1.41 bits per heavy atom. The normalized spacial score (nSPS) is 30.7. The summed E-state index contributed by atoms with van der Waals surface area (Å²) in [5.74, 6) is 0. The molecule has 1 aromatic rings. The first kappa shape index (κ1) is 12.2. The summed E-state index contributed by atoms with van der Waals surface area (Å²) in [6, 6.07) is 5.94. The van der Waals surface area contributed by atoms with Crippen molar-refractivity contribution >= 4 is 27.3 Å². The summed E-state index contributed by atoms with van der Waals surface area (Å²) in [6.07, 6.45) is 2.80. The molecule has 0 spiro atoms. The first-order valence-electron chi connectivity index (χ1n) is 6.44. The molecule has 2 nitrogen and oxygen atoms in total. The summed E-state index contributed by atoms with van der Waals surface area (Å²) < 4.78 is 1.25. The average molecular weight is 315 g/mol. The Balaban J connectivity index is 1.66. The summed E-state index contributed by atoms with van der Waals surface area (Å²) >= 11 is 5.42. The third kappa shape index (κ3) is 2.60. The van der Waals surface area contributed by atoms with Gasteiger partial charge in [0.15, 0.2) is 0 Å². The molecule has 0 saturated carbocycles. The van der Waals surface area contributed by atoms with Gasteiger partial charge in [-0.15, -0.1) is 11.3 Å². The van der Waals surface area contributed by atoms with Crippen LogP contribution in [-0.4, -0.2) is 41.5 Å². The maximum atomic E-state index is 3.55. The van der Waals surface area contributed by atoms with Gasteiger partial charge in [-0.1, -0.05) is 0 Å². The van der Waals surface area contributed by atoms with Gasteiger partial charge in [0.05, 0.1) is 3.79 Å². The molecule has 17 heavy (non-hydrogen) atoms. The standard InChI is InChI=1S/C13H19BrN2S/c1-10-7-15-6-2-3-11(15)8-16(10)9-12-4-5-13(14)17-12/h4-5,10-11H,2-3,6-9H2,1H3/t10-,11?/m0/s1. The lowest BCUT2D eigenvalue weighted by Gasteiger charge is -2.42. The van der Waals surface area contributed by atoms with E-state index in [1.807, 2.05) is 11.3 Å². The van der Waals surface area contributed by atoms with E-state index >= 15 is 0 Å². The first-order valence-corrected chi connectivity index (χ1v) is 8.05. The molecule has 1 unspecified atom stereocenters. The van der Waals surface area contributed by atoms with Crippen LogP contribution in [-0.2, 0) is 6.54 Å². The molecule has 1 aromatic heterocycles. The zero-order valence-electron chi connectivity index (χ0n) is 10.2. The number of nitrogens with zero attached hydrogens (tertiary/aromatic N) is 2. The van der Waals surface area contributed by atoms with Crippen LogP contribution in [0.4, 0.5) is 0 Å². The quantitative estimate of drug-likeness (QED) is 0.827. The molecule has 94 valence electrons. The van der Waals surface area contributed by atoms with Crippen LogP contribution < -0.4 is 0 Å². The lowest BCUT2D eigenvalue weighted by atomic mass is 10.1. The van der Waals surface area contributed by atoms with E-state index in [0.717, 1.165) is 12.6 Å². The summed E-state index contributed by atoms with van der Waals surface area (Å²) in [4.78, 5) is 6.83. The topological polar surface area (TPSA) is 6.48 Å². The molecule has 4 heteroatoms. The van der Waals surface area contributed by atoms with Gasteiger partial charge in [0.2, 0.25) is 0 Å². The monoisotopic (exact) mass is 314 g/mol. The summed E-state index contributed by atoms with van der Waals surface area (Å²) in [7, 11) is 0. The van der Waals surface area contributed by atoms with E-state index in [1.165, 1.54) is 41.1 Å². The Morgan fingerprint density at radius 3 is 3.06 bits per heavy atom. The lowest BCUT2D eigenvalue weighted by molar-refractivity contribution is 0.0547. The van der Waals surface area contributed by atoms with Gasteiger partial charge in [-0.05, 0) is 54.4 Å². The Labute approximate surface area is 116 Å². The molecule has 2 aliphatic rings. The van der Waals surface area contributed by atoms with E-state index in [-0.39, 0.29) is 0 Å². The second-order valence-corrected chi connectivity index (χ2v) is 7.82. The van der Waals surface area contributed by atoms with E-state index in [2.05, 4.69) is 44.8 Å². The number of rotatable bonds is 2. The number of hydrogen-bond acceptors (Lipinski definition) is 3. The van der Waals surface area contributed by atoms with Crippen LogP contribution in [0.1, 0.15) is 24.6 Å². The van der Waals surface area contributed by atoms with Gasteiger partial charge in [0.25, 0.3) is 0 Å². The average Bonchev–Trinajstić information content (AvgIpc) is 2.88. The van der Waals surface area contributed by atoms with Crippen molar-refractivity contribution in [2.75, 3.05) is 19.6 Å². The molecule has 0 amide bonds. The SMILES string of the molecule is C[C@H]1CN2CCCC2CN1Cc1ccc(Br)s1. The number of piperazine rings is 1. The molecule has 0 N–H and O–H groups in total. The van der Waals surface area contributed by atoms with Gasteiger partial charge in [0.1, 0.15) is 0 Å². The minimum absolute atomic E-state index is 0.699. The van der Waals surface area contributed by atoms with Gasteiger partial charge in [-0.2, -0.15) is 0 Å². The highest BCUT2D eigenvalue weighted by atomic mass is 79.9. The van der Waals surface area contributed by atoms with E-state index in [1.54, 1.807) is 0 Å². The molecular weight excluding hydrogens is 296 g/mol. The minimum atomic E-state index is 0.699. The zero-order chi connectivity index (χ0) is 11.8. The smallest absolute Gasteiger partial charge is 0.0701 e. The molecule has 0 radical (unpaired) electrons. The van der Waals surface area contributed by atoms with Crippen molar-refractivity contribution in [2.45, 2.75) is 38.4 Å². The highest BCUT2D eigenvalue weighted by Gasteiger charge is 2.34. The van der Waals surface area contributed by atoms with Crippen molar-refractivity contribution < 1.29 is 0 Å². The lowest BCUT2D eigenvalue weighted by Crippen LogP contribution is -2.54. The van der Waals surface area contributed by atoms with Crippen molar-refractivity contribution in [3.8, 4) is 0 Å². The first-order chi connectivity index (χ1) is 8.22. The van der Waals surface area contributed by atoms with E-state index in [4.69, 9.17) is 0 Å². The van der Waals surface area contributed by atoms with Crippen LogP contribution in [0.3, 0.4) is 0 Å². The van der Waals surface area contributed by atoms with Crippen LogP contribution >= 0.6 is 27.3 Å². The Kier molecular flexibility index (Phi) is 3.57. The van der Waals surface area contributed by atoms with Crippen molar-refractivity contribution in [2.24, 2.45) is 0 Å². The minimum Gasteiger partial charge on any atom is -0.298 e. The molecule has 2 atom stereocenters. The molecular formula is C13H19BrN2S. The molecule has 2 fully saturated rings. The largest absolute Gasteiger partial charge is 0.298 e. The van der Waals surface area contributed by atoms with Crippen LogP contribution in [0.25, 0.3) is 0 Å².